The Balaban J connectivity index is 2.12. The van der Waals surface area contributed by atoms with Gasteiger partial charge in [-0.3, -0.25) is 9.59 Å². The number of amides is 2. The minimum Gasteiger partial charge on any atom is -0.351 e. The summed E-state index contributed by atoms with van der Waals surface area (Å²) in [4.78, 5) is 27.3. The van der Waals surface area contributed by atoms with Gasteiger partial charge in [0.2, 0.25) is 21.8 Å². The van der Waals surface area contributed by atoms with Crippen LogP contribution in [0.5, 0.6) is 0 Å². The fraction of sp³-hybridized carbons (Fsp3) is 0.333. The van der Waals surface area contributed by atoms with Crippen molar-refractivity contribution in [3.05, 3.63) is 77.3 Å². The summed E-state index contributed by atoms with van der Waals surface area (Å²) in [5.74, 6) is -0.453. The number of halogens is 1. The maximum atomic E-state index is 13.1. The standard InChI is InChI=1S/C24H30ClN3O4S/c1-4-16-26-24(30)18(3)28(17-20-6-11-21(25)12-7-20)23(29)15-10-19-8-13-22(14-9-19)33(31,32)27-5-2/h4,6-9,11-14,18,27H,1,5,10,15-17H2,2-3H3,(H,26,30). The Bertz CT molecular complexity index is 1050. The quantitative estimate of drug-likeness (QED) is 0.445. The van der Waals surface area contributed by atoms with Crippen LogP contribution in [0.25, 0.3) is 0 Å². The molecule has 0 aliphatic carbocycles. The van der Waals surface area contributed by atoms with Crippen LogP contribution in [0.2, 0.25) is 5.02 Å². The lowest BCUT2D eigenvalue weighted by molar-refractivity contribution is -0.140. The molecule has 2 aromatic rings. The molecule has 0 radical (unpaired) electrons. The average Bonchev–Trinajstić information content (AvgIpc) is 2.80. The first-order valence-corrected chi connectivity index (χ1v) is 12.5. The van der Waals surface area contributed by atoms with E-state index in [0.29, 0.717) is 24.5 Å². The molecule has 1 unspecified atom stereocenters. The van der Waals surface area contributed by atoms with E-state index >= 15 is 0 Å². The third-order valence-corrected chi connectivity index (χ3v) is 6.86. The summed E-state index contributed by atoms with van der Waals surface area (Å²) in [6, 6.07) is 12.9. The van der Waals surface area contributed by atoms with Crippen molar-refractivity contribution in [1.82, 2.24) is 14.9 Å². The van der Waals surface area contributed by atoms with Gasteiger partial charge in [-0.05, 0) is 48.7 Å². The van der Waals surface area contributed by atoms with E-state index in [1.807, 2.05) is 12.1 Å². The number of nitrogens with zero attached hydrogens (tertiary/aromatic N) is 1. The van der Waals surface area contributed by atoms with E-state index in [0.717, 1.165) is 11.1 Å². The molecule has 9 heteroatoms. The first kappa shape index (κ1) is 26.6. The smallest absolute Gasteiger partial charge is 0.242 e. The Hall–Kier alpha value is -2.68. The lowest BCUT2D eigenvalue weighted by atomic mass is 10.1. The molecule has 0 spiro atoms. The number of aryl methyl sites for hydroxylation is 1. The van der Waals surface area contributed by atoms with E-state index in [-0.39, 0.29) is 29.7 Å². The van der Waals surface area contributed by atoms with Crippen molar-refractivity contribution in [3.8, 4) is 0 Å². The fourth-order valence-electron chi connectivity index (χ4n) is 3.19. The largest absolute Gasteiger partial charge is 0.351 e. The van der Waals surface area contributed by atoms with Gasteiger partial charge in [0.25, 0.3) is 0 Å². The third kappa shape index (κ3) is 7.99. The normalized spacial score (nSPS) is 12.1. The summed E-state index contributed by atoms with van der Waals surface area (Å²) in [5.41, 5.74) is 1.68. The minimum absolute atomic E-state index is 0.173. The van der Waals surface area contributed by atoms with Crippen LogP contribution >= 0.6 is 11.6 Å². The predicted octanol–water partition coefficient (Wildman–Crippen LogP) is 3.29. The lowest BCUT2D eigenvalue weighted by Gasteiger charge is -2.29. The molecule has 2 N–H and O–H groups in total. The molecule has 0 bridgehead atoms. The molecule has 0 saturated carbocycles. The molecule has 0 heterocycles. The Morgan fingerprint density at radius 3 is 2.27 bits per heavy atom. The van der Waals surface area contributed by atoms with E-state index in [1.54, 1.807) is 44.2 Å². The SMILES string of the molecule is C=CCNC(=O)C(C)N(Cc1ccc(Cl)cc1)C(=O)CCc1ccc(S(=O)(=O)NCC)cc1. The van der Waals surface area contributed by atoms with E-state index in [2.05, 4.69) is 16.6 Å². The number of nitrogens with one attached hydrogen (secondary N) is 2. The number of carbonyl (C=O) groups excluding carboxylic acids is 2. The van der Waals surface area contributed by atoms with Gasteiger partial charge in [0.1, 0.15) is 6.04 Å². The van der Waals surface area contributed by atoms with Gasteiger partial charge in [-0.1, -0.05) is 48.9 Å². The molecule has 2 amide bonds. The topological polar surface area (TPSA) is 95.6 Å². The molecule has 1 atom stereocenters. The number of benzene rings is 2. The van der Waals surface area contributed by atoms with Crippen LogP contribution in [-0.4, -0.2) is 44.3 Å². The van der Waals surface area contributed by atoms with Crippen molar-refractivity contribution in [2.75, 3.05) is 13.1 Å². The number of hydrogen-bond donors (Lipinski definition) is 2. The molecule has 2 aromatic carbocycles. The first-order chi connectivity index (χ1) is 15.7. The van der Waals surface area contributed by atoms with Crippen molar-refractivity contribution < 1.29 is 18.0 Å². The number of carbonyl (C=O) groups is 2. The average molecular weight is 492 g/mol. The van der Waals surface area contributed by atoms with Crippen LogP contribution in [-0.2, 0) is 32.6 Å². The Morgan fingerprint density at radius 2 is 1.70 bits per heavy atom. The zero-order valence-corrected chi connectivity index (χ0v) is 20.5. The molecule has 7 nitrogen and oxygen atoms in total. The van der Waals surface area contributed by atoms with Crippen molar-refractivity contribution in [2.45, 2.75) is 44.2 Å². The maximum absolute atomic E-state index is 13.1. The van der Waals surface area contributed by atoms with E-state index in [4.69, 9.17) is 11.6 Å². The Labute approximate surface area is 200 Å². The Kier molecular flexibility index (Phi) is 10.1. The molecule has 33 heavy (non-hydrogen) atoms. The second-order valence-electron chi connectivity index (χ2n) is 7.50. The van der Waals surface area contributed by atoms with Crippen LogP contribution in [0.15, 0.2) is 66.1 Å². The third-order valence-electron chi connectivity index (χ3n) is 5.05. The lowest BCUT2D eigenvalue weighted by Crippen LogP contribution is -2.47. The molecular formula is C24H30ClN3O4S. The van der Waals surface area contributed by atoms with Gasteiger partial charge < -0.3 is 10.2 Å². The molecule has 0 saturated heterocycles. The van der Waals surface area contributed by atoms with Gasteiger partial charge in [-0.2, -0.15) is 0 Å². The van der Waals surface area contributed by atoms with Crippen LogP contribution in [0.4, 0.5) is 0 Å². The van der Waals surface area contributed by atoms with Gasteiger partial charge in [-0.15, -0.1) is 6.58 Å². The number of hydrogen-bond acceptors (Lipinski definition) is 4. The van der Waals surface area contributed by atoms with E-state index in [9.17, 15) is 18.0 Å². The summed E-state index contributed by atoms with van der Waals surface area (Å²) in [6.07, 6.45) is 2.17. The highest BCUT2D eigenvalue weighted by molar-refractivity contribution is 7.89. The van der Waals surface area contributed by atoms with Crippen LogP contribution in [0.1, 0.15) is 31.4 Å². The Morgan fingerprint density at radius 1 is 1.09 bits per heavy atom. The monoisotopic (exact) mass is 491 g/mol. The summed E-state index contributed by atoms with van der Waals surface area (Å²) in [6.45, 7) is 7.88. The summed E-state index contributed by atoms with van der Waals surface area (Å²) in [7, 11) is -3.52. The van der Waals surface area contributed by atoms with Crippen LogP contribution in [0, 0.1) is 0 Å². The molecule has 0 aromatic heterocycles. The van der Waals surface area contributed by atoms with Gasteiger partial charge >= 0.3 is 0 Å². The first-order valence-electron chi connectivity index (χ1n) is 10.7. The highest BCUT2D eigenvalue weighted by Crippen LogP contribution is 2.16. The molecule has 0 aliphatic rings. The second kappa shape index (κ2) is 12.5. The number of rotatable bonds is 12. The number of sulfonamides is 1. The molecule has 2 rings (SSSR count). The molecule has 178 valence electrons. The highest BCUT2D eigenvalue weighted by Gasteiger charge is 2.25. The second-order valence-corrected chi connectivity index (χ2v) is 9.71. The van der Waals surface area contributed by atoms with Gasteiger partial charge in [-0.25, -0.2) is 13.1 Å². The van der Waals surface area contributed by atoms with E-state index < -0.39 is 16.1 Å². The van der Waals surface area contributed by atoms with Crippen molar-refractivity contribution in [2.24, 2.45) is 0 Å². The summed E-state index contributed by atoms with van der Waals surface area (Å²) in [5, 5.41) is 3.32. The summed E-state index contributed by atoms with van der Waals surface area (Å²) < 4.78 is 26.6. The minimum atomic E-state index is -3.52. The van der Waals surface area contributed by atoms with Crippen molar-refractivity contribution >= 4 is 33.4 Å². The van der Waals surface area contributed by atoms with Gasteiger partial charge in [0, 0.05) is 31.1 Å². The molecule has 0 fully saturated rings. The van der Waals surface area contributed by atoms with Crippen LogP contribution in [0.3, 0.4) is 0 Å². The van der Waals surface area contributed by atoms with Gasteiger partial charge in [0.15, 0.2) is 0 Å². The van der Waals surface area contributed by atoms with Crippen molar-refractivity contribution in [3.63, 3.8) is 0 Å². The zero-order chi connectivity index (χ0) is 24.4. The summed E-state index contributed by atoms with van der Waals surface area (Å²) >= 11 is 5.96. The van der Waals surface area contributed by atoms with E-state index in [1.165, 1.54) is 17.0 Å². The maximum Gasteiger partial charge on any atom is 0.242 e. The predicted molar refractivity (Wildman–Crippen MR) is 130 cm³/mol. The van der Waals surface area contributed by atoms with Gasteiger partial charge in [0.05, 0.1) is 4.90 Å². The molecule has 0 aliphatic heterocycles. The van der Waals surface area contributed by atoms with Crippen LogP contribution < -0.4 is 10.0 Å². The highest BCUT2D eigenvalue weighted by atomic mass is 35.5. The zero-order valence-electron chi connectivity index (χ0n) is 18.9. The fourth-order valence-corrected chi connectivity index (χ4v) is 4.36. The van der Waals surface area contributed by atoms with Crippen molar-refractivity contribution in [1.29, 1.82) is 0 Å². The molecular weight excluding hydrogens is 462 g/mol.